The summed E-state index contributed by atoms with van der Waals surface area (Å²) in [5.74, 6) is -0.0608. The number of nitrogens with zero attached hydrogens (tertiary/aromatic N) is 1. The second kappa shape index (κ2) is 7.14. The lowest BCUT2D eigenvalue weighted by atomic mass is 9.69. The van der Waals surface area contributed by atoms with Gasteiger partial charge in [0.2, 0.25) is 5.91 Å². The normalized spacial score (nSPS) is 21.4. The van der Waals surface area contributed by atoms with Gasteiger partial charge < -0.3 is 0 Å². The van der Waals surface area contributed by atoms with E-state index in [0.717, 1.165) is 33.6 Å². The van der Waals surface area contributed by atoms with Crippen molar-refractivity contribution in [3.8, 4) is 0 Å². The Balaban J connectivity index is 1.92. The van der Waals surface area contributed by atoms with Crippen LogP contribution in [0.15, 0.2) is 53.7 Å². The van der Waals surface area contributed by atoms with Gasteiger partial charge in [0.1, 0.15) is 0 Å². The first-order valence-corrected chi connectivity index (χ1v) is 10.5. The Kier molecular flexibility index (Phi) is 4.90. The van der Waals surface area contributed by atoms with Gasteiger partial charge in [0, 0.05) is 40.7 Å². The van der Waals surface area contributed by atoms with Gasteiger partial charge in [-0.2, -0.15) is 0 Å². The first kappa shape index (κ1) is 19.9. The monoisotopic (exact) mass is 407 g/mol. The van der Waals surface area contributed by atoms with E-state index in [1.165, 1.54) is 0 Å². The number of allylic oxidation sites excluding steroid dienone is 2. The fourth-order valence-electron chi connectivity index (χ4n) is 4.80. The molecule has 1 aliphatic carbocycles. The SMILES string of the molecule is Cc1cc(C)cc(N2C(=O)CC(c3cccc(Cl)c3)C3=C2CC(C)(C)CC3=O)c1. The Morgan fingerprint density at radius 1 is 1.00 bits per heavy atom. The average Bonchev–Trinajstić information content (AvgIpc) is 2.58. The number of carbonyl (C=O) groups excluding carboxylic acids is 2. The Bertz CT molecular complexity index is 1030. The molecule has 2 aliphatic rings. The third-order valence-electron chi connectivity index (χ3n) is 5.86. The van der Waals surface area contributed by atoms with Crippen molar-refractivity contribution in [2.45, 2.75) is 52.9 Å². The minimum atomic E-state index is -0.234. The standard InChI is InChI=1S/C25H26ClNO2/c1-15-8-16(2)10-19(9-15)27-21-13-25(3,4)14-22(28)24(21)20(12-23(27)29)17-6-5-7-18(26)11-17/h5-11,20H,12-14H2,1-4H3. The zero-order valence-electron chi connectivity index (χ0n) is 17.4. The number of halogens is 1. The van der Waals surface area contributed by atoms with Crippen LogP contribution in [0.4, 0.5) is 5.69 Å². The second-order valence-corrected chi connectivity index (χ2v) is 9.62. The Morgan fingerprint density at radius 2 is 1.69 bits per heavy atom. The highest BCUT2D eigenvalue weighted by Crippen LogP contribution is 2.48. The fraction of sp³-hybridized carbons (Fsp3) is 0.360. The lowest BCUT2D eigenvalue weighted by molar-refractivity contribution is -0.121. The molecule has 4 rings (SSSR count). The molecule has 1 atom stereocenters. The highest BCUT2D eigenvalue weighted by molar-refractivity contribution is 6.30. The minimum absolute atomic E-state index is 0.0317. The van der Waals surface area contributed by atoms with Gasteiger partial charge in [0.15, 0.2) is 5.78 Å². The van der Waals surface area contributed by atoms with Gasteiger partial charge in [-0.25, -0.2) is 0 Å². The quantitative estimate of drug-likeness (QED) is 0.601. The molecule has 4 heteroatoms. The number of Topliss-reactive ketones (excluding diaryl/α,β-unsaturated/α-hetero) is 1. The van der Waals surface area contributed by atoms with Crippen LogP contribution in [0, 0.1) is 19.3 Å². The van der Waals surface area contributed by atoms with Gasteiger partial charge in [-0.1, -0.05) is 43.6 Å². The van der Waals surface area contributed by atoms with Crippen molar-refractivity contribution in [2.24, 2.45) is 5.41 Å². The van der Waals surface area contributed by atoms with E-state index in [9.17, 15) is 9.59 Å². The fourth-order valence-corrected chi connectivity index (χ4v) is 5.00. The summed E-state index contributed by atoms with van der Waals surface area (Å²) in [6.07, 6.45) is 1.47. The van der Waals surface area contributed by atoms with E-state index in [4.69, 9.17) is 11.6 Å². The topological polar surface area (TPSA) is 37.4 Å². The number of ketones is 1. The van der Waals surface area contributed by atoms with E-state index in [-0.39, 0.29) is 29.4 Å². The van der Waals surface area contributed by atoms with E-state index in [1.807, 2.05) is 50.2 Å². The van der Waals surface area contributed by atoms with E-state index in [2.05, 4.69) is 19.9 Å². The summed E-state index contributed by atoms with van der Waals surface area (Å²) < 4.78 is 0. The van der Waals surface area contributed by atoms with Crippen molar-refractivity contribution in [2.75, 3.05) is 4.90 Å². The third-order valence-corrected chi connectivity index (χ3v) is 6.09. The van der Waals surface area contributed by atoms with Gasteiger partial charge in [-0.05, 0) is 66.6 Å². The summed E-state index contributed by atoms with van der Waals surface area (Å²) in [6, 6.07) is 13.7. The molecule has 0 bridgehead atoms. The Morgan fingerprint density at radius 3 is 2.34 bits per heavy atom. The maximum absolute atomic E-state index is 13.4. The van der Waals surface area contributed by atoms with Crippen LogP contribution >= 0.6 is 11.6 Å². The molecule has 2 aromatic rings. The molecular formula is C25H26ClNO2. The average molecular weight is 408 g/mol. The largest absolute Gasteiger partial charge is 0.294 e. The third kappa shape index (κ3) is 3.76. The number of carbonyl (C=O) groups is 2. The summed E-state index contributed by atoms with van der Waals surface area (Å²) >= 11 is 6.22. The molecule has 0 N–H and O–H groups in total. The summed E-state index contributed by atoms with van der Waals surface area (Å²) in [4.78, 5) is 28.5. The van der Waals surface area contributed by atoms with Gasteiger partial charge in [-0.3, -0.25) is 14.5 Å². The number of benzene rings is 2. The first-order chi connectivity index (χ1) is 13.6. The van der Waals surface area contributed by atoms with Crippen molar-refractivity contribution in [1.29, 1.82) is 0 Å². The number of hydrogen-bond acceptors (Lipinski definition) is 2. The van der Waals surface area contributed by atoms with Crippen molar-refractivity contribution >= 4 is 29.0 Å². The molecule has 29 heavy (non-hydrogen) atoms. The molecule has 3 nitrogen and oxygen atoms in total. The van der Waals surface area contributed by atoms with Crippen LogP contribution in [0.3, 0.4) is 0 Å². The van der Waals surface area contributed by atoms with Crippen LogP contribution in [-0.2, 0) is 9.59 Å². The molecule has 2 aromatic carbocycles. The summed E-state index contributed by atoms with van der Waals surface area (Å²) in [7, 11) is 0. The van der Waals surface area contributed by atoms with Gasteiger partial charge in [-0.15, -0.1) is 0 Å². The number of aryl methyl sites for hydroxylation is 2. The van der Waals surface area contributed by atoms with Crippen LogP contribution in [0.2, 0.25) is 5.02 Å². The van der Waals surface area contributed by atoms with E-state index >= 15 is 0 Å². The van der Waals surface area contributed by atoms with Crippen molar-refractivity contribution in [1.82, 2.24) is 0 Å². The lowest BCUT2D eigenvalue weighted by Gasteiger charge is -2.43. The van der Waals surface area contributed by atoms with Crippen molar-refractivity contribution < 1.29 is 9.59 Å². The predicted molar refractivity (Wildman–Crippen MR) is 117 cm³/mol. The van der Waals surface area contributed by atoms with Crippen LogP contribution < -0.4 is 4.90 Å². The molecule has 0 spiro atoms. The van der Waals surface area contributed by atoms with Crippen LogP contribution in [0.5, 0.6) is 0 Å². The zero-order valence-corrected chi connectivity index (χ0v) is 18.1. The van der Waals surface area contributed by atoms with Crippen molar-refractivity contribution in [3.05, 3.63) is 75.4 Å². The smallest absolute Gasteiger partial charge is 0.232 e. The van der Waals surface area contributed by atoms with E-state index in [0.29, 0.717) is 17.9 Å². The molecule has 0 aromatic heterocycles. The highest BCUT2D eigenvalue weighted by atomic mass is 35.5. The van der Waals surface area contributed by atoms with Crippen LogP contribution in [0.25, 0.3) is 0 Å². The minimum Gasteiger partial charge on any atom is -0.294 e. The molecule has 1 heterocycles. The summed E-state index contributed by atoms with van der Waals surface area (Å²) in [5.41, 5.74) is 5.47. The van der Waals surface area contributed by atoms with E-state index in [1.54, 1.807) is 4.90 Å². The molecule has 1 amide bonds. The van der Waals surface area contributed by atoms with Crippen LogP contribution in [0.1, 0.15) is 55.7 Å². The summed E-state index contributed by atoms with van der Waals surface area (Å²) in [5, 5.41) is 0.623. The number of anilines is 1. The molecule has 150 valence electrons. The highest BCUT2D eigenvalue weighted by Gasteiger charge is 2.44. The maximum Gasteiger partial charge on any atom is 0.232 e. The van der Waals surface area contributed by atoms with Crippen LogP contribution in [-0.4, -0.2) is 11.7 Å². The zero-order chi connectivity index (χ0) is 20.9. The maximum atomic E-state index is 13.4. The van der Waals surface area contributed by atoms with Gasteiger partial charge in [0.05, 0.1) is 0 Å². The Hall–Kier alpha value is -2.39. The molecule has 0 saturated carbocycles. The number of rotatable bonds is 2. The number of hydrogen-bond donors (Lipinski definition) is 0. The second-order valence-electron chi connectivity index (χ2n) is 9.19. The molecule has 0 fully saturated rings. The van der Waals surface area contributed by atoms with Crippen molar-refractivity contribution in [3.63, 3.8) is 0 Å². The molecule has 0 radical (unpaired) electrons. The summed E-state index contributed by atoms with van der Waals surface area (Å²) in [6.45, 7) is 8.26. The van der Waals surface area contributed by atoms with Gasteiger partial charge in [0.25, 0.3) is 0 Å². The van der Waals surface area contributed by atoms with Gasteiger partial charge >= 0.3 is 0 Å². The number of amides is 1. The first-order valence-electron chi connectivity index (χ1n) is 10.1. The molecule has 1 aliphatic heterocycles. The molecule has 1 unspecified atom stereocenters. The lowest BCUT2D eigenvalue weighted by Crippen LogP contribution is -2.43. The van der Waals surface area contributed by atoms with E-state index < -0.39 is 0 Å². The molecule has 0 saturated heterocycles. The Labute approximate surface area is 177 Å². The predicted octanol–water partition coefficient (Wildman–Crippen LogP) is 6.12. The molecular weight excluding hydrogens is 382 g/mol.